The van der Waals surface area contributed by atoms with Gasteiger partial charge in [-0.25, -0.2) is 0 Å². The molecular formula is C11H17F3N4O. The number of fused-ring (bicyclic) bond motifs is 1. The van der Waals surface area contributed by atoms with E-state index >= 15 is 0 Å². The van der Waals surface area contributed by atoms with E-state index in [1.54, 1.807) is 0 Å². The summed E-state index contributed by atoms with van der Waals surface area (Å²) in [5.74, 6) is -0.522. The van der Waals surface area contributed by atoms with Crippen LogP contribution < -0.4 is 0 Å². The highest BCUT2D eigenvalue weighted by Crippen LogP contribution is 2.29. The predicted molar refractivity (Wildman–Crippen MR) is 61.1 cm³/mol. The van der Waals surface area contributed by atoms with Gasteiger partial charge < -0.3 is 9.67 Å². The smallest absolute Gasteiger partial charge is 0.392 e. The number of nitrogens with zero attached hydrogens (tertiary/aromatic N) is 4. The minimum atomic E-state index is -4.47. The second kappa shape index (κ2) is 5.09. The third-order valence-corrected chi connectivity index (χ3v) is 3.30. The van der Waals surface area contributed by atoms with Gasteiger partial charge in [0.2, 0.25) is 5.82 Å². The van der Waals surface area contributed by atoms with Crippen LogP contribution in [0.25, 0.3) is 0 Å². The zero-order valence-electron chi connectivity index (χ0n) is 10.9. The van der Waals surface area contributed by atoms with Crippen molar-refractivity contribution in [3.63, 3.8) is 0 Å². The Morgan fingerprint density at radius 3 is 2.53 bits per heavy atom. The van der Waals surface area contributed by atoms with E-state index in [-0.39, 0.29) is 19.0 Å². The number of rotatable bonds is 3. The summed E-state index contributed by atoms with van der Waals surface area (Å²) in [5, 5.41) is 16.6. The molecule has 1 aliphatic heterocycles. The molecule has 19 heavy (non-hydrogen) atoms. The monoisotopic (exact) mass is 278 g/mol. The Hall–Kier alpha value is -1.15. The molecule has 1 N–H and O–H groups in total. The Labute approximate surface area is 109 Å². The Morgan fingerprint density at radius 1 is 1.26 bits per heavy atom. The van der Waals surface area contributed by atoms with Crippen molar-refractivity contribution in [2.75, 3.05) is 13.1 Å². The van der Waals surface area contributed by atoms with Gasteiger partial charge in [0.25, 0.3) is 0 Å². The first-order valence-corrected chi connectivity index (χ1v) is 6.18. The molecule has 0 bridgehead atoms. The number of aromatic nitrogens is 3. The molecule has 108 valence electrons. The standard InChI is InChI=1S/C11H17F3N4O/c1-7(2)8(19)5-17-3-4-18-9(6-17)15-16-10(18)11(12,13)14/h7-8,19H,3-6H2,1-2H3. The summed E-state index contributed by atoms with van der Waals surface area (Å²) in [4.78, 5) is 1.90. The van der Waals surface area contributed by atoms with Crippen molar-refractivity contribution in [2.24, 2.45) is 5.92 Å². The molecule has 1 aromatic heterocycles. The maximum atomic E-state index is 12.6. The lowest BCUT2D eigenvalue weighted by molar-refractivity contribution is -0.148. The highest BCUT2D eigenvalue weighted by molar-refractivity contribution is 5.02. The van der Waals surface area contributed by atoms with Crippen molar-refractivity contribution in [2.45, 2.75) is 39.2 Å². The summed E-state index contributed by atoms with van der Waals surface area (Å²) in [5.41, 5.74) is 0. The first-order valence-electron chi connectivity index (χ1n) is 6.18. The van der Waals surface area contributed by atoms with Gasteiger partial charge >= 0.3 is 6.18 Å². The van der Waals surface area contributed by atoms with E-state index in [4.69, 9.17) is 0 Å². The maximum absolute atomic E-state index is 12.6. The predicted octanol–water partition coefficient (Wildman–Crippen LogP) is 1.13. The lowest BCUT2D eigenvalue weighted by Crippen LogP contribution is -2.41. The van der Waals surface area contributed by atoms with Crippen molar-refractivity contribution < 1.29 is 18.3 Å². The van der Waals surface area contributed by atoms with Crippen molar-refractivity contribution in [1.82, 2.24) is 19.7 Å². The Kier molecular flexibility index (Phi) is 3.82. The van der Waals surface area contributed by atoms with Gasteiger partial charge in [-0.2, -0.15) is 13.2 Å². The van der Waals surface area contributed by atoms with Gasteiger partial charge in [-0.3, -0.25) is 4.90 Å². The molecule has 0 aliphatic carbocycles. The summed E-state index contributed by atoms with van der Waals surface area (Å²) in [6.45, 7) is 5.18. The molecule has 1 atom stereocenters. The van der Waals surface area contributed by atoms with Gasteiger partial charge in [0.15, 0.2) is 0 Å². The summed E-state index contributed by atoms with van der Waals surface area (Å²) >= 11 is 0. The molecule has 0 radical (unpaired) electrons. The first-order chi connectivity index (χ1) is 8.79. The van der Waals surface area contributed by atoms with Crippen LogP contribution in [0, 0.1) is 5.92 Å². The number of alkyl halides is 3. The normalized spacial score (nSPS) is 18.7. The van der Waals surface area contributed by atoms with Crippen LogP contribution in [0.1, 0.15) is 25.5 Å². The van der Waals surface area contributed by atoms with Crippen LogP contribution in [0.5, 0.6) is 0 Å². The number of hydrogen-bond donors (Lipinski definition) is 1. The van der Waals surface area contributed by atoms with Gasteiger partial charge in [0, 0.05) is 19.6 Å². The molecule has 0 fully saturated rings. The fourth-order valence-electron chi connectivity index (χ4n) is 2.05. The zero-order chi connectivity index (χ0) is 14.2. The van der Waals surface area contributed by atoms with Gasteiger partial charge in [0.1, 0.15) is 5.82 Å². The Balaban J connectivity index is 2.08. The van der Waals surface area contributed by atoms with E-state index in [1.807, 2.05) is 18.7 Å². The summed E-state index contributed by atoms with van der Waals surface area (Å²) < 4.78 is 39.0. The highest BCUT2D eigenvalue weighted by Gasteiger charge is 2.39. The van der Waals surface area contributed by atoms with Crippen LogP contribution in [0.15, 0.2) is 0 Å². The average Bonchev–Trinajstić information content (AvgIpc) is 2.71. The fourth-order valence-corrected chi connectivity index (χ4v) is 2.05. The van der Waals surface area contributed by atoms with Crippen LogP contribution in [0.3, 0.4) is 0 Å². The van der Waals surface area contributed by atoms with E-state index in [2.05, 4.69) is 10.2 Å². The van der Waals surface area contributed by atoms with Crippen LogP contribution in [-0.4, -0.2) is 44.0 Å². The second-order valence-corrected chi connectivity index (χ2v) is 5.14. The molecule has 2 heterocycles. The molecule has 1 unspecified atom stereocenters. The fraction of sp³-hybridized carbons (Fsp3) is 0.818. The van der Waals surface area contributed by atoms with E-state index in [9.17, 15) is 18.3 Å². The van der Waals surface area contributed by atoms with Crippen LogP contribution >= 0.6 is 0 Å². The quantitative estimate of drug-likeness (QED) is 0.900. The summed E-state index contributed by atoms with van der Waals surface area (Å²) in [6.07, 6.45) is -4.96. The molecular weight excluding hydrogens is 261 g/mol. The molecule has 0 spiro atoms. The van der Waals surface area contributed by atoms with E-state index in [0.717, 1.165) is 4.57 Å². The van der Waals surface area contributed by atoms with E-state index in [1.165, 1.54) is 0 Å². The van der Waals surface area contributed by atoms with Crippen molar-refractivity contribution in [1.29, 1.82) is 0 Å². The van der Waals surface area contributed by atoms with Gasteiger partial charge in [0.05, 0.1) is 12.6 Å². The third-order valence-electron chi connectivity index (χ3n) is 3.30. The molecule has 0 amide bonds. The largest absolute Gasteiger partial charge is 0.451 e. The van der Waals surface area contributed by atoms with Gasteiger partial charge in [-0.05, 0) is 5.92 Å². The van der Waals surface area contributed by atoms with E-state index in [0.29, 0.717) is 18.9 Å². The first kappa shape index (κ1) is 14.3. The third kappa shape index (κ3) is 3.06. The second-order valence-electron chi connectivity index (χ2n) is 5.14. The number of aliphatic hydroxyl groups excluding tert-OH is 1. The Bertz CT molecular complexity index is 444. The minimum absolute atomic E-state index is 0.116. The van der Waals surface area contributed by atoms with Gasteiger partial charge in [-0.1, -0.05) is 13.8 Å². The maximum Gasteiger partial charge on any atom is 0.451 e. The number of halogens is 3. The van der Waals surface area contributed by atoms with Crippen LogP contribution in [0.2, 0.25) is 0 Å². The molecule has 0 saturated carbocycles. The SMILES string of the molecule is CC(C)C(O)CN1CCn2c(nnc2C(F)(F)F)C1. The lowest BCUT2D eigenvalue weighted by atomic mass is 10.1. The topological polar surface area (TPSA) is 54.2 Å². The van der Waals surface area contributed by atoms with Crippen molar-refractivity contribution in [3.05, 3.63) is 11.6 Å². The van der Waals surface area contributed by atoms with Crippen molar-refractivity contribution in [3.8, 4) is 0 Å². The molecule has 2 rings (SSSR count). The van der Waals surface area contributed by atoms with Crippen LogP contribution in [0.4, 0.5) is 13.2 Å². The highest BCUT2D eigenvalue weighted by atomic mass is 19.4. The lowest BCUT2D eigenvalue weighted by Gasteiger charge is -2.30. The zero-order valence-corrected chi connectivity index (χ0v) is 10.9. The molecule has 0 aromatic carbocycles. The minimum Gasteiger partial charge on any atom is -0.392 e. The number of aliphatic hydroxyl groups is 1. The average molecular weight is 278 g/mol. The molecule has 1 aromatic rings. The molecule has 0 saturated heterocycles. The summed E-state index contributed by atoms with van der Waals surface area (Å²) in [7, 11) is 0. The van der Waals surface area contributed by atoms with E-state index < -0.39 is 18.1 Å². The number of β-amino-alcohol motifs (C(OH)–C–C–N with tert-alkyl or cyclic N) is 1. The Morgan fingerprint density at radius 2 is 1.95 bits per heavy atom. The van der Waals surface area contributed by atoms with Crippen molar-refractivity contribution >= 4 is 0 Å². The summed E-state index contributed by atoms with van der Waals surface area (Å²) in [6, 6.07) is 0. The van der Waals surface area contributed by atoms with Gasteiger partial charge in [-0.15, -0.1) is 10.2 Å². The number of hydrogen-bond acceptors (Lipinski definition) is 4. The molecule has 1 aliphatic rings. The molecule has 8 heteroatoms. The van der Waals surface area contributed by atoms with Crippen LogP contribution in [-0.2, 0) is 19.3 Å². The molecule has 5 nitrogen and oxygen atoms in total.